The first-order chi connectivity index (χ1) is 6.68. The predicted octanol–water partition coefficient (Wildman–Crippen LogP) is -0.0606. The SMILES string of the molecule is COCC(=O)N1CCN(C)CC12CC2. The third kappa shape index (κ3) is 1.64. The maximum absolute atomic E-state index is 11.7. The Kier molecular flexibility index (Phi) is 2.49. The quantitative estimate of drug-likeness (QED) is 0.623. The van der Waals surface area contributed by atoms with Gasteiger partial charge in [-0.2, -0.15) is 0 Å². The highest BCUT2D eigenvalue weighted by Gasteiger charge is 2.52. The Labute approximate surface area is 84.8 Å². The van der Waals surface area contributed by atoms with Gasteiger partial charge in [-0.3, -0.25) is 4.79 Å². The molecular weight excluding hydrogens is 180 g/mol. The van der Waals surface area contributed by atoms with Crippen molar-refractivity contribution in [2.45, 2.75) is 18.4 Å². The first-order valence-electron chi connectivity index (χ1n) is 5.16. The number of piperazine rings is 1. The van der Waals surface area contributed by atoms with E-state index in [-0.39, 0.29) is 18.1 Å². The van der Waals surface area contributed by atoms with Crippen molar-refractivity contribution in [2.24, 2.45) is 0 Å². The van der Waals surface area contributed by atoms with Crippen LogP contribution in [0.25, 0.3) is 0 Å². The number of carbonyl (C=O) groups is 1. The lowest BCUT2D eigenvalue weighted by atomic mass is 10.1. The third-order valence-corrected chi connectivity index (χ3v) is 3.24. The molecular formula is C10H18N2O2. The summed E-state index contributed by atoms with van der Waals surface area (Å²) in [6, 6.07) is 0. The van der Waals surface area contributed by atoms with Crippen molar-refractivity contribution in [3.05, 3.63) is 0 Å². The number of ether oxygens (including phenoxy) is 1. The zero-order valence-electron chi connectivity index (χ0n) is 8.95. The molecule has 0 atom stereocenters. The second kappa shape index (κ2) is 3.51. The maximum Gasteiger partial charge on any atom is 0.249 e. The molecule has 2 fully saturated rings. The summed E-state index contributed by atoms with van der Waals surface area (Å²) in [5.74, 6) is 0.151. The number of methoxy groups -OCH3 is 1. The van der Waals surface area contributed by atoms with Gasteiger partial charge in [-0.15, -0.1) is 0 Å². The molecule has 0 aromatic rings. The molecule has 4 heteroatoms. The van der Waals surface area contributed by atoms with E-state index in [1.807, 2.05) is 4.90 Å². The van der Waals surface area contributed by atoms with Crippen LogP contribution < -0.4 is 0 Å². The van der Waals surface area contributed by atoms with Gasteiger partial charge in [-0.05, 0) is 19.9 Å². The average molecular weight is 198 g/mol. The fourth-order valence-corrected chi connectivity index (χ4v) is 2.34. The van der Waals surface area contributed by atoms with Crippen LogP contribution in [0.1, 0.15) is 12.8 Å². The number of likely N-dealkylation sites (N-methyl/N-ethyl adjacent to an activating group) is 1. The topological polar surface area (TPSA) is 32.8 Å². The van der Waals surface area contributed by atoms with Crippen LogP contribution in [0.2, 0.25) is 0 Å². The van der Waals surface area contributed by atoms with Crippen LogP contribution in [0, 0.1) is 0 Å². The normalized spacial score (nSPS) is 25.4. The molecule has 0 unspecified atom stereocenters. The number of rotatable bonds is 2. The van der Waals surface area contributed by atoms with Gasteiger partial charge in [0.1, 0.15) is 6.61 Å². The zero-order chi connectivity index (χ0) is 10.2. The van der Waals surface area contributed by atoms with Crippen molar-refractivity contribution < 1.29 is 9.53 Å². The van der Waals surface area contributed by atoms with E-state index in [1.54, 1.807) is 7.11 Å². The molecule has 0 aromatic heterocycles. The Bertz CT molecular complexity index is 238. The highest BCUT2D eigenvalue weighted by atomic mass is 16.5. The number of amides is 1. The maximum atomic E-state index is 11.7. The predicted molar refractivity (Wildman–Crippen MR) is 53.1 cm³/mol. The molecule has 1 aliphatic carbocycles. The molecule has 0 bridgehead atoms. The second-order valence-electron chi connectivity index (χ2n) is 4.44. The Balaban J connectivity index is 2.01. The van der Waals surface area contributed by atoms with E-state index in [9.17, 15) is 4.79 Å². The number of hydrogen-bond acceptors (Lipinski definition) is 3. The van der Waals surface area contributed by atoms with Crippen LogP contribution in [-0.4, -0.2) is 61.6 Å². The minimum Gasteiger partial charge on any atom is -0.375 e. The Hall–Kier alpha value is -0.610. The lowest BCUT2D eigenvalue weighted by molar-refractivity contribution is -0.141. The Morgan fingerprint density at radius 3 is 2.71 bits per heavy atom. The van der Waals surface area contributed by atoms with Crippen LogP contribution in [0.4, 0.5) is 0 Å². The minimum absolute atomic E-state index is 0.151. The summed E-state index contributed by atoms with van der Waals surface area (Å²) in [7, 11) is 3.70. The molecule has 4 nitrogen and oxygen atoms in total. The number of hydrogen-bond donors (Lipinski definition) is 0. The lowest BCUT2D eigenvalue weighted by Crippen LogP contribution is -2.56. The first-order valence-corrected chi connectivity index (χ1v) is 5.16. The van der Waals surface area contributed by atoms with Crippen molar-refractivity contribution in [2.75, 3.05) is 40.4 Å². The molecule has 0 N–H and O–H groups in total. The van der Waals surface area contributed by atoms with Gasteiger partial charge >= 0.3 is 0 Å². The van der Waals surface area contributed by atoms with Gasteiger partial charge in [0.05, 0.1) is 5.54 Å². The number of carbonyl (C=O) groups excluding carboxylic acids is 1. The van der Waals surface area contributed by atoms with Crippen LogP contribution in [0.3, 0.4) is 0 Å². The molecule has 80 valence electrons. The summed E-state index contributed by atoms with van der Waals surface area (Å²) in [5.41, 5.74) is 0.169. The van der Waals surface area contributed by atoms with Gasteiger partial charge in [0.25, 0.3) is 0 Å². The molecule has 1 saturated carbocycles. The summed E-state index contributed by atoms with van der Waals surface area (Å²) in [6.07, 6.45) is 2.32. The van der Waals surface area contributed by atoms with Crippen LogP contribution >= 0.6 is 0 Å². The van der Waals surface area contributed by atoms with Crippen LogP contribution in [0.5, 0.6) is 0 Å². The van der Waals surface area contributed by atoms with Crippen LogP contribution in [0.15, 0.2) is 0 Å². The van der Waals surface area contributed by atoms with Crippen molar-refractivity contribution >= 4 is 5.91 Å². The van der Waals surface area contributed by atoms with Gasteiger partial charge in [0, 0.05) is 26.7 Å². The van der Waals surface area contributed by atoms with E-state index in [0.717, 1.165) is 32.5 Å². The Morgan fingerprint density at radius 2 is 2.14 bits per heavy atom. The zero-order valence-corrected chi connectivity index (χ0v) is 8.95. The highest BCUT2D eigenvalue weighted by molar-refractivity contribution is 5.79. The fourth-order valence-electron chi connectivity index (χ4n) is 2.34. The second-order valence-corrected chi connectivity index (χ2v) is 4.44. The average Bonchev–Trinajstić information content (AvgIpc) is 2.85. The van der Waals surface area contributed by atoms with E-state index < -0.39 is 0 Å². The van der Waals surface area contributed by atoms with Gasteiger partial charge in [-0.25, -0.2) is 0 Å². The smallest absolute Gasteiger partial charge is 0.249 e. The van der Waals surface area contributed by atoms with E-state index in [0.29, 0.717) is 0 Å². The van der Waals surface area contributed by atoms with Gasteiger partial charge in [0.15, 0.2) is 0 Å². The molecule has 14 heavy (non-hydrogen) atoms. The van der Waals surface area contributed by atoms with Gasteiger partial charge in [-0.1, -0.05) is 0 Å². The van der Waals surface area contributed by atoms with E-state index in [2.05, 4.69) is 11.9 Å². The van der Waals surface area contributed by atoms with Crippen molar-refractivity contribution in [3.8, 4) is 0 Å². The summed E-state index contributed by atoms with van der Waals surface area (Å²) < 4.78 is 4.90. The van der Waals surface area contributed by atoms with Crippen molar-refractivity contribution in [1.82, 2.24) is 9.80 Å². The standard InChI is InChI=1S/C10H18N2O2/c1-11-5-6-12(9(13)7-14-2)10(8-11)3-4-10/h3-8H2,1-2H3. The summed E-state index contributed by atoms with van der Waals surface area (Å²) >= 11 is 0. The van der Waals surface area contributed by atoms with Gasteiger partial charge in [0.2, 0.25) is 5.91 Å². The summed E-state index contributed by atoms with van der Waals surface area (Å²) in [4.78, 5) is 16.1. The summed E-state index contributed by atoms with van der Waals surface area (Å²) in [6.45, 7) is 3.10. The molecule has 2 aliphatic rings. The monoisotopic (exact) mass is 198 g/mol. The molecule has 1 saturated heterocycles. The van der Waals surface area contributed by atoms with Gasteiger partial charge < -0.3 is 14.5 Å². The van der Waals surface area contributed by atoms with E-state index in [4.69, 9.17) is 4.74 Å². The molecule has 0 radical (unpaired) electrons. The highest BCUT2D eigenvalue weighted by Crippen LogP contribution is 2.43. The molecule has 1 spiro atoms. The number of nitrogens with zero attached hydrogens (tertiary/aromatic N) is 2. The molecule has 1 amide bonds. The molecule has 0 aromatic carbocycles. The largest absolute Gasteiger partial charge is 0.375 e. The Morgan fingerprint density at radius 1 is 1.43 bits per heavy atom. The first kappa shape index (κ1) is 9.93. The molecule has 2 rings (SSSR count). The van der Waals surface area contributed by atoms with E-state index in [1.165, 1.54) is 0 Å². The molecule has 1 aliphatic heterocycles. The third-order valence-electron chi connectivity index (χ3n) is 3.24. The fraction of sp³-hybridized carbons (Fsp3) is 0.900. The lowest BCUT2D eigenvalue weighted by Gasteiger charge is -2.40. The van der Waals surface area contributed by atoms with Crippen molar-refractivity contribution in [3.63, 3.8) is 0 Å². The van der Waals surface area contributed by atoms with Crippen LogP contribution in [-0.2, 0) is 9.53 Å². The molecule has 1 heterocycles. The van der Waals surface area contributed by atoms with Crippen molar-refractivity contribution in [1.29, 1.82) is 0 Å². The van der Waals surface area contributed by atoms with E-state index >= 15 is 0 Å². The minimum atomic E-state index is 0.151. The summed E-state index contributed by atoms with van der Waals surface area (Å²) in [5, 5.41) is 0.